The van der Waals surface area contributed by atoms with Crippen LogP contribution in [0.1, 0.15) is 11.1 Å². The number of nitrogens with zero attached hydrogens (tertiary/aromatic N) is 1. The van der Waals surface area contributed by atoms with Crippen LogP contribution >= 0.6 is 0 Å². The van der Waals surface area contributed by atoms with E-state index < -0.39 is 0 Å². The SMILES string of the molecule is Fc1c(-c2ccccc2)nc2c(c1-c1ccccc1)CCc1ccccc1-2. The van der Waals surface area contributed by atoms with Crippen LogP contribution in [0.15, 0.2) is 84.9 Å². The fraction of sp³-hybridized carbons (Fsp3) is 0.0800. The van der Waals surface area contributed by atoms with Gasteiger partial charge in [-0.3, -0.25) is 0 Å². The molecule has 1 heterocycles. The van der Waals surface area contributed by atoms with Crippen molar-refractivity contribution in [3.8, 4) is 33.6 Å². The molecule has 0 amide bonds. The fourth-order valence-electron chi connectivity index (χ4n) is 3.99. The molecule has 0 N–H and O–H groups in total. The Balaban J connectivity index is 1.86. The first-order valence-electron chi connectivity index (χ1n) is 9.24. The average molecular weight is 351 g/mol. The fourth-order valence-corrected chi connectivity index (χ4v) is 3.99. The number of halogens is 1. The smallest absolute Gasteiger partial charge is 0.157 e. The second-order valence-electron chi connectivity index (χ2n) is 6.87. The van der Waals surface area contributed by atoms with Crippen molar-refractivity contribution in [3.63, 3.8) is 0 Å². The highest BCUT2D eigenvalue weighted by atomic mass is 19.1. The van der Waals surface area contributed by atoms with E-state index >= 15 is 4.39 Å². The molecule has 0 bridgehead atoms. The number of aryl methyl sites for hydroxylation is 1. The highest BCUT2D eigenvalue weighted by molar-refractivity contribution is 5.83. The van der Waals surface area contributed by atoms with Crippen molar-refractivity contribution >= 4 is 0 Å². The molecule has 1 aliphatic carbocycles. The Hall–Kier alpha value is -3.26. The van der Waals surface area contributed by atoms with Crippen molar-refractivity contribution in [1.82, 2.24) is 4.98 Å². The van der Waals surface area contributed by atoms with Crippen LogP contribution in [0.5, 0.6) is 0 Å². The molecule has 1 aliphatic rings. The van der Waals surface area contributed by atoms with E-state index in [1.54, 1.807) is 0 Å². The summed E-state index contributed by atoms with van der Waals surface area (Å²) in [5, 5.41) is 0. The maximum absolute atomic E-state index is 15.7. The van der Waals surface area contributed by atoms with Crippen molar-refractivity contribution in [2.24, 2.45) is 0 Å². The summed E-state index contributed by atoms with van der Waals surface area (Å²) in [7, 11) is 0. The molecule has 0 radical (unpaired) electrons. The number of hydrogen-bond acceptors (Lipinski definition) is 1. The van der Waals surface area contributed by atoms with Crippen molar-refractivity contribution in [3.05, 3.63) is 102 Å². The molecule has 0 atom stereocenters. The van der Waals surface area contributed by atoms with Crippen molar-refractivity contribution in [2.45, 2.75) is 12.8 Å². The molecule has 0 unspecified atom stereocenters. The Morgan fingerprint density at radius 1 is 0.630 bits per heavy atom. The molecule has 4 aromatic rings. The van der Waals surface area contributed by atoms with Gasteiger partial charge < -0.3 is 0 Å². The van der Waals surface area contributed by atoms with E-state index in [-0.39, 0.29) is 5.82 Å². The summed E-state index contributed by atoms with van der Waals surface area (Å²) in [5.74, 6) is -0.231. The Kier molecular flexibility index (Phi) is 3.83. The molecule has 0 saturated heterocycles. The summed E-state index contributed by atoms with van der Waals surface area (Å²) in [5.41, 5.74) is 7.14. The summed E-state index contributed by atoms with van der Waals surface area (Å²) in [4.78, 5) is 4.84. The molecule has 3 aromatic carbocycles. The predicted molar refractivity (Wildman–Crippen MR) is 108 cm³/mol. The van der Waals surface area contributed by atoms with E-state index in [0.717, 1.165) is 40.8 Å². The van der Waals surface area contributed by atoms with Crippen LogP contribution in [0.3, 0.4) is 0 Å². The minimum absolute atomic E-state index is 0.231. The maximum atomic E-state index is 15.7. The lowest BCUT2D eigenvalue weighted by atomic mass is 9.84. The van der Waals surface area contributed by atoms with Crippen LogP contribution in [0.25, 0.3) is 33.6 Å². The monoisotopic (exact) mass is 351 g/mol. The van der Waals surface area contributed by atoms with Gasteiger partial charge in [0.1, 0.15) is 5.69 Å². The van der Waals surface area contributed by atoms with Gasteiger partial charge in [0, 0.05) is 16.7 Å². The van der Waals surface area contributed by atoms with Crippen LogP contribution in [0.4, 0.5) is 4.39 Å². The maximum Gasteiger partial charge on any atom is 0.157 e. The number of fused-ring (bicyclic) bond motifs is 3. The topological polar surface area (TPSA) is 12.9 Å². The number of pyridine rings is 1. The molecule has 1 aromatic heterocycles. The van der Waals surface area contributed by atoms with Gasteiger partial charge in [-0.2, -0.15) is 0 Å². The number of hydrogen-bond donors (Lipinski definition) is 0. The largest absolute Gasteiger partial charge is 0.244 e. The Labute approximate surface area is 158 Å². The third-order valence-corrected chi connectivity index (χ3v) is 5.27. The van der Waals surface area contributed by atoms with Crippen molar-refractivity contribution < 1.29 is 4.39 Å². The minimum Gasteiger partial charge on any atom is -0.244 e. The number of benzene rings is 3. The van der Waals surface area contributed by atoms with Crippen LogP contribution in [0, 0.1) is 5.82 Å². The Bertz CT molecular complexity index is 1120. The van der Waals surface area contributed by atoms with E-state index in [0.29, 0.717) is 11.3 Å². The summed E-state index contributed by atoms with van der Waals surface area (Å²) in [6.45, 7) is 0. The highest BCUT2D eigenvalue weighted by Gasteiger charge is 2.26. The van der Waals surface area contributed by atoms with Gasteiger partial charge in [-0.25, -0.2) is 9.37 Å². The lowest BCUT2D eigenvalue weighted by molar-refractivity contribution is 0.626. The normalized spacial score (nSPS) is 12.3. The van der Waals surface area contributed by atoms with E-state index in [9.17, 15) is 0 Å². The Morgan fingerprint density at radius 2 is 1.26 bits per heavy atom. The average Bonchev–Trinajstić information content (AvgIpc) is 2.74. The quantitative estimate of drug-likeness (QED) is 0.412. The molecule has 1 nitrogen and oxygen atoms in total. The predicted octanol–water partition coefficient (Wildman–Crippen LogP) is 6.32. The van der Waals surface area contributed by atoms with E-state index in [1.807, 2.05) is 66.7 Å². The van der Waals surface area contributed by atoms with E-state index in [2.05, 4.69) is 18.2 Å². The van der Waals surface area contributed by atoms with Gasteiger partial charge in [-0.05, 0) is 29.5 Å². The molecular formula is C25H18FN. The summed E-state index contributed by atoms with van der Waals surface area (Å²) in [6.07, 6.45) is 1.71. The van der Waals surface area contributed by atoms with Gasteiger partial charge in [0.2, 0.25) is 0 Å². The highest BCUT2D eigenvalue weighted by Crippen LogP contribution is 2.41. The number of aromatic nitrogens is 1. The summed E-state index contributed by atoms with van der Waals surface area (Å²) >= 11 is 0. The third kappa shape index (κ3) is 2.65. The van der Waals surface area contributed by atoms with Gasteiger partial charge >= 0.3 is 0 Å². The number of rotatable bonds is 2. The summed E-state index contributed by atoms with van der Waals surface area (Å²) in [6, 6.07) is 27.8. The van der Waals surface area contributed by atoms with E-state index in [1.165, 1.54) is 5.56 Å². The van der Waals surface area contributed by atoms with Crippen molar-refractivity contribution in [2.75, 3.05) is 0 Å². The van der Waals surface area contributed by atoms with Gasteiger partial charge in [0.15, 0.2) is 5.82 Å². The van der Waals surface area contributed by atoms with Crippen LogP contribution in [-0.2, 0) is 12.8 Å². The van der Waals surface area contributed by atoms with Gasteiger partial charge in [0.25, 0.3) is 0 Å². The first kappa shape index (κ1) is 16.0. The zero-order valence-corrected chi connectivity index (χ0v) is 14.8. The standard InChI is InChI=1S/C25H18FN/c26-23-22(18-10-3-1-4-11-18)21-16-15-17-9-7-8-14-20(17)25(21)27-24(23)19-12-5-2-6-13-19/h1-14H,15-16H2. The molecule has 0 saturated carbocycles. The first-order valence-corrected chi connectivity index (χ1v) is 9.24. The van der Waals surface area contributed by atoms with Crippen LogP contribution in [0.2, 0.25) is 0 Å². The third-order valence-electron chi connectivity index (χ3n) is 5.27. The van der Waals surface area contributed by atoms with Gasteiger partial charge in [0.05, 0.1) is 5.69 Å². The lowest BCUT2D eigenvalue weighted by Crippen LogP contribution is -2.10. The second kappa shape index (κ2) is 6.48. The molecule has 130 valence electrons. The van der Waals surface area contributed by atoms with E-state index in [4.69, 9.17) is 4.98 Å². The zero-order valence-electron chi connectivity index (χ0n) is 14.8. The molecule has 0 fully saturated rings. The molecular weight excluding hydrogens is 333 g/mol. The molecule has 0 spiro atoms. The zero-order chi connectivity index (χ0) is 18.2. The van der Waals surface area contributed by atoms with Gasteiger partial charge in [-0.1, -0.05) is 84.9 Å². The molecule has 27 heavy (non-hydrogen) atoms. The van der Waals surface area contributed by atoms with Crippen LogP contribution < -0.4 is 0 Å². The molecule has 5 rings (SSSR count). The molecule has 0 aliphatic heterocycles. The minimum atomic E-state index is -0.231. The summed E-state index contributed by atoms with van der Waals surface area (Å²) < 4.78 is 15.7. The Morgan fingerprint density at radius 3 is 2.00 bits per heavy atom. The van der Waals surface area contributed by atoms with Crippen molar-refractivity contribution in [1.29, 1.82) is 0 Å². The first-order chi connectivity index (χ1) is 13.3. The second-order valence-corrected chi connectivity index (χ2v) is 6.87. The molecule has 2 heteroatoms. The lowest BCUT2D eigenvalue weighted by Gasteiger charge is -2.24. The van der Waals surface area contributed by atoms with Crippen LogP contribution in [-0.4, -0.2) is 4.98 Å². The van der Waals surface area contributed by atoms with Gasteiger partial charge in [-0.15, -0.1) is 0 Å².